The van der Waals surface area contributed by atoms with Crippen molar-refractivity contribution in [1.82, 2.24) is 25.7 Å². The van der Waals surface area contributed by atoms with Crippen molar-refractivity contribution in [3.63, 3.8) is 0 Å². The van der Waals surface area contributed by atoms with E-state index in [0.29, 0.717) is 4.42 Å². The number of hydrogen-bond donors (Lipinski definition) is 4. The van der Waals surface area contributed by atoms with Gasteiger partial charge in [0.1, 0.15) is 5.79 Å². The summed E-state index contributed by atoms with van der Waals surface area (Å²) >= 11 is 5.59. The summed E-state index contributed by atoms with van der Waals surface area (Å²) in [6.45, 7) is 0.258. The van der Waals surface area contributed by atoms with Crippen molar-refractivity contribution >= 4 is 24.0 Å². The zero-order chi connectivity index (χ0) is 13.8. The predicted molar refractivity (Wildman–Crippen MR) is 66.5 cm³/mol. The van der Waals surface area contributed by atoms with Crippen molar-refractivity contribution in [2.75, 3.05) is 27.7 Å². The Labute approximate surface area is 109 Å². The van der Waals surface area contributed by atoms with Crippen LogP contribution in [0.2, 0.25) is 0 Å². The smallest absolute Gasteiger partial charge is 0.289 e. The predicted octanol–water partition coefficient (Wildman–Crippen LogP) is -0.708. The third kappa shape index (κ3) is 3.33. The molecule has 1 atom stereocenters. The Morgan fingerprint density at radius 2 is 1.83 bits per heavy atom. The molecule has 0 radical (unpaired) electrons. The second-order valence-electron chi connectivity index (χ2n) is 3.50. The van der Waals surface area contributed by atoms with Gasteiger partial charge in [-0.1, -0.05) is 0 Å². The highest BCUT2D eigenvalue weighted by Gasteiger charge is 2.30. The van der Waals surface area contributed by atoms with Gasteiger partial charge in [-0.25, -0.2) is 4.42 Å². The molecular formula is C8H16ClF2N7. The Morgan fingerprint density at radius 3 is 2.33 bits per heavy atom. The highest BCUT2D eigenvalue weighted by Crippen LogP contribution is 2.12. The number of aliphatic imine (C=N–C) groups is 2. The number of amidine groups is 2. The van der Waals surface area contributed by atoms with Crippen molar-refractivity contribution < 1.29 is 8.78 Å². The van der Waals surface area contributed by atoms with Gasteiger partial charge in [0, 0.05) is 18.3 Å². The molecule has 0 amide bonds. The molecule has 0 aromatic carbocycles. The van der Waals surface area contributed by atoms with E-state index in [1.807, 2.05) is 0 Å². The van der Waals surface area contributed by atoms with Crippen LogP contribution in [0.25, 0.3) is 0 Å². The van der Waals surface area contributed by atoms with E-state index in [4.69, 9.17) is 11.8 Å². The Morgan fingerprint density at radius 1 is 1.28 bits per heavy atom. The van der Waals surface area contributed by atoms with Crippen LogP contribution in [0.15, 0.2) is 9.98 Å². The van der Waals surface area contributed by atoms with Crippen LogP contribution in [0.4, 0.5) is 8.78 Å². The molecule has 0 aromatic heterocycles. The summed E-state index contributed by atoms with van der Waals surface area (Å²) in [5.74, 6) is -0.658. The number of nitrogens with one attached hydrogen (secondary N) is 4. The van der Waals surface area contributed by atoms with Gasteiger partial charge in [0.05, 0.1) is 0 Å². The number of likely N-dealkylation sites (N-methyl/N-ethyl adjacent to an activating group) is 3. The molecule has 10 heteroatoms. The minimum absolute atomic E-state index is 0.258. The van der Waals surface area contributed by atoms with Crippen LogP contribution in [0.1, 0.15) is 0 Å². The Hall–Kier alpha value is -0.870. The van der Waals surface area contributed by atoms with Gasteiger partial charge in [-0.05, 0) is 21.1 Å². The molecule has 1 aliphatic heterocycles. The Kier molecular flexibility index (Phi) is 5.35. The lowest BCUT2D eigenvalue weighted by Crippen LogP contribution is -2.69. The lowest BCUT2D eigenvalue weighted by molar-refractivity contribution is 0.211. The molecule has 0 aromatic rings. The summed E-state index contributed by atoms with van der Waals surface area (Å²) in [6, 6.07) is 0. The molecule has 0 bridgehead atoms. The van der Waals surface area contributed by atoms with E-state index >= 15 is 0 Å². The SMILES string of the molecule is CNC(CNC1N=C(F)N=C(F)N1Cl)(NC)NC. The van der Waals surface area contributed by atoms with E-state index in [1.54, 1.807) is 21.1 Å². The Bertz CT molecular complexity index is 336. The van der Waals surface area contributed by atoms with Gasteiger partial charge in [0.25, 0.3) is 0 Å². The molecule has 0 saturated carbocycles. The molecule has 1 rings (SSSR count). The van der Waals surface area contributed by atoms with E-state index in [2.05, 4.69) is 31.3 Å². The molecule has 104 valence electrons. The summed E-state index contributed by atoms with van der Waals surface area (Å²) in [5.41, 5.74) is 0. The van der Waals surface area contributed by atoms with Crippen LogP contribution in [0, 0.1) is 0 Å². The maximum Gasteiger partial charge on any atom is 0.311 e. The van der Waals surface area contributed by atoms with Gasteiger partial charge >= 0.3 is 12.2 Å². The minimum atomic E-state index is -1.16. The van der Waals surface area contributed by atoms with Crippen molar-refractivity contribution in [2.24, 2.45) is 9.98 Å². The lowest BCUT2D eigenvalue weighted by atomic mass is 10.3. The maximum atomic E-state index is 13.1. The monoisotopic (exact) mass is 283 g/mol. The van der Waals surface area contributed by atoms with Gasteiger partial charge in [0.2, 0.25) is 0 Å². The largest absolute Gasteiger partial charge is 0.311 e. The van der Waals surface area contributed by atoms with Gasteiger partial charge < -0.3 is 0 Å². The lowest BCUT2D eigenvalue weighted by Gasteiger charge is -2.35. The molecule has 4 N–H and O–H groups in total. The standard InChI is InChI=1S/C8H16ClF2N7/c1-12-8(13-2,14-3)4-15-7-17-5(10)16-6(11)18(7)9/h7,12-15H,4H2,1-3H3. The number of halogens is 3. The average Bonchev–Trinajstić information content (AvgIpc) is 2.37. The summed E-state index contributed by atoms with van der Waals surface area (Å²) in [4.78, 5) is 6.30. The van der Waals surface area contributed by atoms with Crippen molar-refractivity contribution in [1.29, 1.82) is 0 Å². The zero-order valence-corrected chi connectivity index (χ0v) is 11.0. The van der Waals surface area contributed by atoms with Crippen LogP contribution in [0.3, 0.4) is 0 Å². The van der Waals surface area contributed by atoms with Crippen LogP contribution in [-0.2, 0) is 0 Å². The molecule has 0 fully saturated rings. The fourth-order valence-electron chi connectivity index (χ4n) is 1.42. The molecule has 0 aliphatic carbocycles. The quantitative estimate of drug-likeness (QED) is 0.294. The first-order valence-electron chi connectivity index (χ1n) is 5.20. The van der Waals surface area contributed by atoms with E-state index in [9.17, 15) is 8.78 Å². The third-order valence-corrected chi connectivity index (χ3v) is 2.96. The topological polar surface area (TPSA) is 76.1 Å². The second-order valence-corrected chi connectivity index (χ2v) is 3.86. The van der Waals surface area contributed by atoms with E-state index in [1.165, 1.54) is 0 Å². The minimum Gasteiger partial charge on any atom is -0.289 e. The Balaban J connectivity index is 2.66. The first-order valence-corrected chi connectivity index (χ1v) is 5.54. The van der Waals surface area contributed by atoms with Gasteiger partial charge in [-0.15, -0.1) is 0 Å². The number of rotatable bonds is 6. The highest BCUT2D eigenvalue weighted by atomic mass is 35.5. The second kappa shape index (κ2) is 6.34. The third-order valence-electron chi connectivity index (χ3n) is 2.63. The normalized spacial score (nSPS) is 20.8. The molecule has 0 saturated heterocycles. The fourth-order valence-corrected chi connectivity index (χ4v) is 1.57. The van der Waals surface area contributed by atoms with Crippen molar-refractivity contribution in [2.45, 2.75) is 12.1 Å². The summed E-state index contributed by atoms with van der Waals surface area (Å²) in [7, 11) is 5.17. The molecule has 7 nitrogen and oxygen atoms in total. The molecule has 0 spiro atoms. The van der Waals surface area contributed by atoms with Gasteiger partial charge in [-0.3, -0.25) is 21.3 Å². The number of hydrogen-bond acceptors (Lipinski definition) is 7. The fraction of sp³-hybridized carbons (Fsp3) is 0.750. The van der Waals surface area contributed by atoms with Crippen LogP contribution < -0.4 is 21.3 Å². The maximum absolute atomic E-state index is 13.1. The molecule has 18 heavy (non-hydrogen) atoms. The van der Waals surface area contributed by atoms with Crippen LogP contribution >= 0.6 is 11.8 Å². The van der Waals surface area contributed by atoms with E-state index < -0.39 is 24.3 Å². The van der Waals surface area contributed by atoms with Gasteiger partial charge in [-0.2, -0.15) is 18.8 Å². The average molecular weight is 284 g/mol. The number of nitrogens with zero attached hydrogens (tertiary/aromatic N) is 3. The van der Waals surface area contributed by atoms with Gasteiger partial charge in [0.15, 0.2) is 6.29 Å². The highest BCUT2D eigenvalue weighted by molar-refractivity contribution is 6.22. The summed E-state index contributed by atoms with van der Waals surface area (Å²) < 4.78 is 26.5. The first kappa shape index (κ1) is 15.2. The molecular weight excluding hydrogens is 268 g/mol. The summed E-state index contributed by atoms with van der Waals surface area (Å²) in [6.07, 6.45) is -3.38. The molecule has 1 heterocycles. The van der Waals surface area contributed by atoms with Crippen molar-refractivity contribution in [3.8, 4) is 0 Å². The zero-order valence-electron chi connectivity index (χ0n) is 10.3. The van der Waals surface area contributed by atoms with Crippen LogP contribution in [-0.4, -0.2) is 56.4 Å². The summed E-state index contributed by atoms with van der Waals surface area (Å²) in [5, 5.41) is 11.7. The van der Waals surface area contributed by atoms with Crippen molar-refractivity contribution in [3.05, 3.63) is 0 Å². The van der Waals surface area contributed by atoms with E-state index in [0.717, 1.165) is 0 Å². The molecule has 1 unspecified atom stereocenters. The van der Waals surface area contributed by atoms with Crippen LogP contribution in [0.5, 0.6) is 0 Å². The molecule has 1 aliphatic rings. The first-order chi connectivity index (χ1) is 8.48. The van der Waals surface area contributed by atoms with E-state index in [-0.39, 0.29) is 6.54 Å².